The molecule has 3 nitrogen and oxygen atoms in total. The van der Waals surface area contributed by atoms with Gasteiger partial charge in [0.25, 0.3) is 0 Å². The summed E-state index contributed by atoms with van der Waals surface area (Å²) >= 11 is 0. The van der Waals surface area contributed by atoms with E-state index in [4.69, 9.17) is 9.47 Å². The van der Waals surface area contributed by atoms with Crippen molar-refractivity contribution in [3.8, 4) is 22.6 Å². The van der Waals surface area contributed by atoms with Gasteiger partial charge in [-0.3, -0.25) is 0 Å². The molecule has 0 atom stereocenters. The molecule has 102 valence electrons. The Morgan fingerprint density at radius 3 is 2.50 bits per heavy atom. The molecule has 0 fully saturated rings. The summed E-state index contributed by atoms with van der Waals surface area (Å²) < 4.78 is 12.9. The lowest BCUT2D eigenvalue weighted by Crippen LogP contribution is -1.90. The number of ether oxygens (including phenoxy) is 2. The summed E-state index contributed by atoms with van der Waals surface area (Å²) in [5.41, 5.74) is 4.53. The number of pyridine rings is 1. The predicted octanol–water partition coefficient (Wildman–Crippen LogP) is 3.93. The van der Waals surface area contributed by atoms with Crippen molar-refractivity contribution in [1.29, 1.82) is 0 Å². The molecule has 0 radical (unpaired) electrons. The number of methoxy groups -OCH3 is 2. The van der Waals surface area contributed by atoms with Gasteiger partial charge in [-0.2, -0.15) is 0 Å². The van der Waals surface area contributed by atoms with Gasteiger partial charge >= 0.3 is 0 Å². The maximum absolute atomic E-state index is 5.46. The molecule has 3 aromatic rings. The van der Waals surface area contributed by atoms with Gasteiger partial charge in [0.1, 0.15) is 11.5 Å². The topological polar surface area (TPSA) is 22.9 Å². The van der Waals surface area contributed by atoms with E-state index in [0.29, 0.717) is 0 Å². The molecular weight excluding hydrogens is 250 g/mol. The quantitative estimate of drug-likeness (QED) is 0.717. The van der Waals surface area contributed by atoms with E-state index >= 15 is 0 Å². The van der Waals surface area contributed by atoms with Crippen LogP contribution in [0.15, 0.2) is 48.7 Å². The van der Waals surface area contributed by atoms with Crippen molar-refractivity contribution < 1.29 is 9.47 Å². The predicted molar refractivity (Wildman–Crippen MR) is 80.7 cm³/mol. The molecule has 2 aromatic heterocycles. The van der Waals surface area contributed by atoms with Crippen LogP contribution in [0.1, 0.15) is 5.69 Å². The van der Waals surface area contributed by atoms with Gasteiger partial charge in [-0.25, -0.2) is 0 Å². The molecule has 3 rings (SSSR count). The van der Waals surface area contributed by atoms with Gasteiger partial charge in [0.2, 0.25) is 0 Å². The van der Waals surface area contributed by atoms with Crippen LogP contribution in [-0.2, 0) is 0 Å². The second kappa shape index (κ2) is 4.93. The molecule has 0 aliphatic carbocycles. The Morgan fingerprint density at radius 1 is 0.950 bits per heavy atom. The summed E-state index contributed by atoms with van der Waals surface area (Å²) in [6, 6.07) is 14.3. The third kappa shape index (κ3) is 2.01. The van der Waals surface area contributed by atoms with Crippen LogP contribution in [0.3, 0.4) is 0 Å². The van der Waals surface area contributed by atoms with E-state index in [-0.39, 0.29) is 0 Å². The maximum atomic E-state index is 5.46. The number of rotatable bonds is 3. The van der Waals surface area contributed by atoms with E-state index in [1.807, 2.05) is 18.2 Å². The van der Waals surface area contributed by atoms with E-state index < -0.39 is 0 Å². The summed E-state index contributed by atoms with van der Waals surface area (Å²) in [7, 11) is 3.36. The fourth-order valence-electron chi connectivity index (χ4n) is 2.47. The Morgan fingerprint density at radius 2 is 1.80 bits per heavy atom. The second-order valence-corrected chi connectivity index (χ2v) is 4.76. The first-order valence-electron chi connectivity index (χ1n) is 6.53. The number of benzene rings is 1. The third-order valence-electron chi connectivity index (χ3n) is 3.55. The highest BCUT2D eigenvalue weighted by atomic mass is 16.5. The monoisotopic (exact) mass is 267 g/mol. The van der Waals surface area contributed by atoms with Gasteiger partial charge in [0, 0.05) is 28.5 Å². The van der Waals surface area contributed by atoms with Crippen molar-refractivity contribution in [1.82, 2.24) is 4.40 Å². The number of fused-ring (bicyclic) bond motifs is 1. The minimum absolute atomic E-state index is 0.827. The average molecular weight is 267 g/mol. The van der Waals surface area contributed by atoms with Crippen molar-refractivity contribution in [2.24, 2.45) is 0 Å². The Balaban J connectivity index is 2.21. The smallest absolute Gasteiger partial charge is 0.127 e. The lowest BCUT2D eigenvalue weighted by molar-refractivity contribution is 0.404. The van der Waals surface area contributed by atoms with Gasteiger partial charge in [-0.1, -0.05) is 6.07 Å². The number of hydrogen-bond donors (Lipinski definition) is 0. The molecule has 3 heteroatoms. The third-order valence-corrected chi connectivity index (χ3v) is 3.55. The van der Waals surface area contributed by atoms with Crippen LogP contribution in [0.4, 0.5) is 0 Å². The summed E-state index contributed by atoms with van der Waals surface area (Å²) in [6.07, 6.45) is 2.13. The van der Waals surface area contributed by atoms with Crippen molar-refractivity contribution in [2.45, 2.75) is 6.92 Å². The lowest BCUT2D eigenvalue weighted by atomic mass is 10.1. The molecular formula is C17H17NO2. The maximum Gasteiger partial charge on any atom is 0.127 e. The molecule has 0 unspecified atom stereocenters. The zero-order chi connectivity index (χ0) is 14.1. The highest BCUT2D eigenvalue weighted by Gasteiger charge is 2.10. The van der Waals surface area contributed by atoms with Crippen molar-refractivity contribution in [2.75, 3.05) is 14.2 Å². The number of nitrogens with zero attached hydrogens (tertiary/aromatic N) is 1. The number of aromatic nitrogens is 1. The fourth-order valence-corrected chi connectivity index (χ4v) is 2.47. The average Bonchev–Trinajstić information content (AvgIpc) is 2.92. The largest absolute Gasteiger partial charge is 0.497 e. The highest BCUT2D eigenvalue weighted by Crippen LogP contribution is 2.34. The van der Waals surface area contributed by atoms with Gasteiger partial charge in [0.15, 0.2) is 0 Å². The lowest BCUT2D eigenvalue weighted by Gasteiger charge is -2.09. The molecule has 0 N–H and O–H groups in total. The van der Waals surface area contributed by atoms with Gasteiger partial charge < -0.3 is 13.9 Å². The Labute approximate surface area is 118 Å². The first-order chi connectivity index (χ1) is 9.72. The van der Waals surface area contributed by atoms with E-state index in [9.17, 15) is 0 Å². The molecule has 0 saturated heterocycles. The molecule has 0 aliphatic rings. The molecule has 20 heavy (non-hydrogen) atoms. The normalized spacial score (nSPS) is 10.8. The van der Waals surface area contributed by atoms with Crippen LogP contribution in [0, 0.1) is 6.92 Å². The van der Waals surface area contributed by atoms with E-state index in [0.717, 1.165) is 22.6 Å². The van der Waals surface area contributed by atoms with Crippen LogP contribution < -0.4 is 9.47 Å². The SMILES string of the molecule is COc1ccc(OC)c(-c2cc3cccc(C)n3c2)c1. The van der Waals surface area contributed by atoms with E-state index in [2.05, 4.69) is 41.8 Å². The van der Waals surface area contributed by atoms with E-state index in [1.54, 1.807) is 14.2 Å². The number of aryl methyl sites for hydroxylation is 1. The van der Waals surface area contributed by atoms with Crippen LogP contribution in [0.5, 0.6) is 11.5 Å². The first kappa shape index (κ1) is 12.6. The molecule has 0 amide bonds. The minimum Gasteiger partial charge on any atom is -0.497 e. The summed E-state index contributed by atoms with van der Waals surface area (Å²) in [5.74, 6) is 1.67. The Hall–Kier alpha value is -2.42. The zero-order valence-electron chi connectivity index (χ0n) is 11.9. The molecule has 2 heterocycles. The second-order valence-electron chi connectivity index (χ2n) is 4.76. The number of hydrogen-bond acceptors (Lipinski definition) is 2. The van der Waals surface area contributed by atoms with Crippen LogP contribution >= 0.6 is 0 Å². The molecule has 0 saturated carbocycles. The highest BCUT2D eigenvalue weighted by molar-refractivity contribution is 5.76. The van der Waals surface area contributed by atoms with Crippen LogP contribution in [0.25, 0.3) is 16.6 Å². The van der Waals surface area contributed by atoms with Gasteiger partial charge in [0.05, 0.1) is 14.2 Å². The summed E-state index contributed by atoms with van der Waals surface area (Å²) in [5, 5.41) is 0. The van der Waals surface area contributed by atoms with Crippen LogP contribution in [-0.4, -0.2) is 18.6 Å². The first-order valence-corrected chi connectivity index (χ1v) is 6.53. The Bertz CT molecular complexity index is 759. The molecule has 0 bridgehead atoms. The van der Waals surface area contributed by atoms with Crippen LogP contribution in [0.2, 0.25) is 0 Å². The standard InChI is InChI=1S/C17H17NO2/c1-12-5-4-6-14-9-13(11-18(12)14)16-10-15(19-2)7-8-17(16)20-3/h4-11H,1-3H3. The summed E-state index contributed by atoms with van der Waals surface area (Å²) in [4.78, 5) is 0. The minimum atomic E-state index is 0.827. The molecule has 1 aromatic carbocycles. The zero-order valence-corrected chi connectivity index (χ0v) is 11.9. The molecule has 0 aliphatic heterocycles. The van der Waals surface area contributed by atoms with Crippen molar-refractivity contribution >= 4 is 5.52 Å². The van der Waals surface area contributed by atoms with Crippen molar-refractivity contribution in [3.05, 3.63) is 54.4 Å². The fraction of sp³-hybridized carbons (Fsp3) is 0.176. The summed E-state index contributed by atoms with van der Waals surface area (Å²) in [6.45, 7) is 2.10. The molecule has 0 spiro atoms. The van der Waals surface area contributed by atoms with Crippen molar-refractivity contribution in [3.63, 3.8) is 0 Å². The van der Waals surface area contributed by atoms with Gasteiger partial charge in [-0.15, -0.1) is 0 Å². The Kier molecular flexibility index (Phi) is 3.11. The van der Waals surface area contributed by atoms with Gasteiger partial charge in [-0.05, 0) is 43.3 Å². The van der Waals surface area contributed by atoms with E-state index in [1.165, 1.54) is 11.2 Å².